The van der Waals surface area contributed by atoms with Gasteiger partial charge in [-0.2, -0.15) is 0 Å². The molecule has 4 rings (SSSR count). The van der Waals surface area contributed by atoms with E-state index in [4.69, 9.17) is 0 Å². The molecule has 1 aliphatic rings. The molecule has 0 saturated carbocycles. The van der Waals surface area contributed by atoms with Crippen LogP contribution >= 0.6 is 0 Å². The lowest BCUT2D eigenvalue weighted by molar-refractivity contribution is 0.238. The Bertz CT molecular complexity index is 999. The predicted octanol–water partition coefficient (Wildman–Crippen LogP) is 2.41. The van der Waals surface area contributed by atoms with Crippen molar-refractivity contribution in [3.8, 4) is 22.9 Å². The van der Waals surface area contributed by atoms with Gasteiger partial charge in [0.15, 0.2) is 11.5 Å². The number of hydrogen-bond donors (Lipinski definition) is 3. The highest BCUT2D eigenvalue weighted by atomic mass is 16.3. The van der Waals surface area contributed by atoms with E-state index in [1.165, 1.54) is 6.07 Å². The monoisotopic (exact) mass is 349 g/mol. The van der Waals surface area contributed by atoms with Crippen LogP contribution in [-0.4, -0.2) is 31.6 Å². The molecule has 0 aliphatic carbocycles. The lowest BCUT2D eigenvalue weighted by Crippen LogP contribution is -2.35. The Morgan fingerprint density at radius 1 is 1.08 bits per heavy atom. The molecule has 0 amide bonds. The number of aromatic amines is 1. The maximum Gasteiger partial charge on any atom is 0.255 e. The van der Waals surface area contributed by atoms with Crippen LogP contribution in [0.3, 0.4) is 0 Å². The van der Waals surface area contributed by atoms with Crippen LogP contribution in [0.25, 0.3) is 11.4 Å². The molecule has 0 spiro atoms. The summed E-state index contributed by atoms with van der Waals surface area (Å²) in [5.41, 5.74) is 2.89. The quantitative estimate of drug-likeness (QED) is 0.632. The van der Waals surface area contributed by atoms with Gasteiger partial charge in [0.2, 0.25) is 0 Å². The lowest BCUT2D eigenvalue weighted by Gasteiger charge is -2.28. The van der Waals surface area contributed by atoms with Crippen molar-refractivity contribution < 1.29 is 10.2 Å². The molecule has 0 saturated heterocycles. The first kappa shape index (κ1) is 16.4. The van der Waals surface area contributed by atoms with E-state index in [0.29, 0.717) is 36.5 Å². The van der Waals surface area contributed by atoms with Crippen LogP contribution in [0, 0.1) is 0 Å². The number of aromatic hydroxyl groups is 2. The molecule has 3 aromatic rings. The molecular weight excluding hydrogens is 330 g/mol. The second-order valence-corrected chi connectivity index (χ2v) is 6.45. The van der Waals surface area contributed by atoms with E-state index in [-0.39, 0.29) is 17.1 Å². The average molecular weight is 349 g/mol. The SMILES string of the molecule is O=c1[nH]c(-c2ccccc2)nc2c1CN(Cc1cccc(O)c1O)CC2. The van der Waals surface area contributed by atoms with Crippen molar-refractivity contribution in [3.05, 3.63) is 75.7 Å². The topological polar surface area (TPSA) is 89.5 Å². The molecule has 3 N–H and O–H groups in total. The fourth-order valence-electron chi connectivity index (χ4n) is 3.29. The summed E-state index contributed by atoms with van der Waals surface area (Å²) in [6, 6.07) is 14.5. The number of rotatable bonds is 3. The maximum atomic E-state index is 12.6. The maximum absolute atomic E-state index is 12.6. The Kier molecular flexibility index (Phi) is 4.18. The zero-order valence-electron chi connectivity index (χ0n) is 14.1. The smallest absolute Gasteiger partial charge is 0.255 e. The first-order valence-electron chi connectivity index (χ1n) is 8.51. The summed E-state index contributed by atoms with van der Waals surface area (Å²) in [5.74, 6) is 0.352. The molecule has 2 heterocycles. The Balaban J connectivity index is 1.60. The Morgan fingerprint density at radius 2 is 1.88 bits per heavy atom. The fraction of sp³-hybridized carbons (Fsp3) is 0.200. The standard InChI is InChI=1S/C20H19N3O3/c24-17-8-4-7-14(18(17)25)11-23-10-9-16-15(12-23)20(26)22-19(21-16)13-5-2-1-3-6-13/h1-8,24-25H,9-12H2,(H,21,22,26). The summed E-state index contributed by atoms with van der Waals surface area (Å²) in [5, 5.41) is 19.6. The second kappa shape index (κ2) is 6.65. The number of phenols is 2. The van der Waals surface area contributed by atoms with Crippen molar-refractivity contribution in [2.24, 2.45) is 0 Å². The van der Waals surface area contributed by atoms with Gasteiger partial charge >= 0.3 is 0 Å². The average Bonchev–Trinajstić information content (AvgIpc) is 2.66. The van der Waals surface area contributed by atoms with Crippen LogP contribution in [0.2, 0.25) is 0 Å². The number of para-hydroxylation sites is 1. The zero-order valence-corrected chi connectivity index (χ0v) is 14.1. The summed E-state index contributed by atoms with van der Waals surface area (Å²) in [6.07, 6.45) is 0.665. The number of H-pyrrole nitrogens is 1. The molecule has 132 valence electrons. The molecule has 1 aromatic heterocycles. The molecular formula is C20H19N3O3. The van der Waals surface area contributed by atoms with Gasteiger partial charge < -0.3 is 15.2 Å². The first-order valence-corrected chi connectivity index (χ1v) is 8.51. The molecule has 0 atom stereocenters. The minimum Gasteiger partial charge on any atom is -0.504 e. The lowest BCUT2D eigenvalue weighted by atomic mass is 10.0. The zero-order chi connectivity index (χ0) is 18.1. The van der Waals surface area contributed by atoms with Gasteiger partial charge in [0, 0.05) is 37.2 Å². The van der Waals surface area contributed by atoms with Gasteiger partial charge in [0.05, 0.1) is 11.3 Å². The minimum absolute atomic E-state index is 0.107. The van der Waals surface area contributed by atoms with Crippen LogP contribution in [-0.2, 0) is 19.5 Å². The number of benzene rings is 2. The molecule has 2 aromatic carbocycles. The normalized spacial score (nSPS) is 14.2. The van der Waals surface area contributed by atoms with Crippen molar-refractivity contribution in [1.29, 1.82) is 0 Å². The van der Waals surface area contributed by atoms with Gasteiger partial charge in [-0.15, -0.1) is 0 Å². The van der Waals surface area contributed by atoms with Crippen LogP contribution in [0.15, 0.2) is 53.3 Å². The number of fused-ring (bicyclic) bond motifs is 1. The highest BCUT2D eigenvalue weighted by Crippen LogP contribution is 2.30. The van der Waals surface area contributed by atoms with E-state index in [9.17, 15) is 15.0 Å². The summed E-state index contributed by atoms with van der Waals surface area (Å²) in [6.45, 7) is 1.65. The number of nitrogens with one attached hydrogen (secondary N) is 1. The summed E-state index contributed by atoms with van der Waals surface area (Å²) < 4.78 is 0. The van der Waals surface area contributed by atoms with E-state index >= 15 is 0 Å². The summed E-state index contributed by atoms with van der Waals surface area (Å²) in [4.78, 5) is 22.2. The van der Waals surface area contributed by atoms with E-state index in [1.54, 1.807) is 12.1 Å². The summed E-state index contributed by atoms with van der Waals surface area (Å²) >= 11 is 0. The minimum atomic E-state index is -0.132. The molecule has 6 heteroatoms. The third-order valence-corrected chi connectivity index (χ3v) is 4.69. The molecule has 0 radical (unpaired) electrons. The van der Waals surface area contributed by atoms with E-state index in [2.05, 4.69) is 14.9 Å². The second-order valence-electron chi connectivity index (χ2n) is 6.45. The van der Waals surface area contributed by atoms with Crippen LogP contribution in [0.1, 0.15) is 16.8 Å². The van der Waals surface area contributed by atoms with E-state index in [0.717, 1.165) is 17.8 Å². The van der Waals surface area contributed by atoms with Gasteiger partial charge in [-0.05, 0) is 6.07 Å². The molecule has 1 aliphatic heterocycles. The third kappa shape index (κ3) is 3.07. The van der Waals surface area contributed by atoms with E-state index < -0.39 is 0 Å². The third-order valence-electron chi connectivity index (χ3n) is 4.69. The Morgan fingerprint density at radius 3 is 2.69 bits per heavy atom. The highest BCUT2D eigenvalue weighted by molar-refractivity contribution is 5.54. The number of aromatic nitrogens is 2. The van der Waals surface area contributed by atoms with Gasteiger partial charge in [0.1, 0.15) is 5.82 Å². The largest absolute Gasteiger partial charge is 0.504 e. The van der Waals surface area contributed by atoms with Crippen LogP contribution in [0.5, 0.6) is 11.5 Å². The van der Waals surface area contributed by atoms with Gasteiger partial charge in [0.25, 0.3) is 5.56 Å². The van der Waals surface area contributed by atoms with Gasteiger partial charge in [-0.1, -0.05) is 42.5 Å². The van der Waals surface area contributed by atoms with Crippen molar-refractivity contribution >= 4 is 0 Å². The number of hydrogen-bond acceptors (Lipinski definition) is 5. The highest BCUT2D eigenvalue weighted by Gasteiger charge is 2.22. The fourth-order valence-corrected chi connectivity index (χ4v) is 3.29. The van der Waals surface area contributed by atoms with Crippen LogP contribution in [0.4, 0.5) is 0 Å². The number of phenolic OH excluding ortho intramolecular Hbond substituents is 2. The first-order chi connectivity index (χ1) is 12.6. The van der Waals surface area contributed by atoms with Crippen molar-refractivity contribution in [3.63, 3.8) is 0 Å². The molecule has 0 unspecified atom stereocenters. The van der Waals surface area contributed by atoms with Crippen molar-refractivity contribution in [1.82, 2.24) is 14.9 Å². The van der Waals surface area contributed by atoms with Gasteiger partial charge in [-0.25, -0.2) is 4.98 Å². The molecule has 26 heavy (non-hydrogen) atoms. The van der Waals surface area contributed by atoms with Gasteiger partial charge in [-0.3, -0.25) is 9.69 Å². The summed E-state index contributed by atoms with van der Waals surface area (Å²) in [7, 11) is 0. The Labute approximate surface area is 150 Å². The molecule has 0 fully saturated rings. The Hall–Kier alpha value is -3.12. The van der Waals surface area contributed by atoms with Crippen molar-refractivity contribution in [2.45, 2.75) is 19.5 Å². The predicted molar refractivity (Wildman–Crippen MR) is 97.9 cm³/mol. The van der Waals surface area contributed by atoms with E-state index in [1.807, 2.05) is 30.3 Å². The molecule has 6 nitrogen and oxygen atoms in total. The van der Waals surface area contributed by atoms with Crippen LogP contribution < -0.4 is 5.56 Å². The molecule has 0 bridgehead atoms. The van der Waals surface area contributed by atoms with Crippen molar-refractivity contribution in [2.75, 3.05) is 6.54 Å². The number of nitrogens with zero attached hydrogens (tertiary/aromatic N) is 2.